The number of carbonyl (C=O) groups is 2. The number of nitrogens with one attached hydrogen (secondary N) is 1. The molecule has 2 aliphatic rings. The van der Waals surface area contributed by atoms with Crippen molar-refractivity contribution in [1.82, 2.24) is 15.1 Å². The molecule has 2 amide bonds. The third kappa shape index (κ3) is 5.45. The molecule has 2 unspecified atom stereocenters. The predicted molar refractivity (Wildman–Crippen MR) is 104 cm³/mol. The van der Waals surface area contributed by atoms with Crippen LogP contribution in [0.25, 0.3) is 0 Å². The first-order chi connectivity index (χ1) is 13.2. The van der Waals surface area contributed by atoms with Gasteiger partial charge >= 0.3 is 0 Å². The van der Waals surface area contributed by atoms with Gasteiger partial charge < -0.3 is 19.9 Å². The number of amides is 2. The van der Waals surface area contributed by atoms with Crippen molar-refractivity contribution in [2.45, 2.75) is 25.7 Å². The molecule has 1 aromatic rings. The smallest absolute Gasteiger partial charge is 0.227 e. The second kappa shape index (κ2) is 9.74. The summed E-state index contributed by atoms with van der Waals surface area (Å²) in [6, 6.07) is 9.54. The number of hydrogen-bond donors (Lipinski definition) is 1. The van der Waals surface area contributed by atoms with Crippen molar-refractivity contribution < 1.29 is 14.3 Å². The summed E-state index contributed by atoms with van der Waals surface area (Å²) in [5.74, 6) is 1.59. The monoisotopic (exact) mass is 373 g/mol. The molecular formula is C21H31N3O3. The number of para-hydroxylation sites is 1. The van der Waals surface area contributed by atoms with E-state index in [1.165, 1.54) is 0 Å². The number of piperidine rings is 1. The first kappa shape index (κ1) is 19.7. The van der Waals surface area contributed by atoms with Crippen LogP contribution in [0, 0.1) is 11.8 Å². The summed E-state index contributed by atoms with van der Waals surface area (Å²) in [6.07, 6.45) is 3.20. The standard InChI is InChI=1S/C21H31N3O3/c1-22-14-17-9-12-24(15-17)21(26)18-6-5-11-23(16-18)20(25)10-13-27-19-7-3-2-4-8-19/h2-4,7-8,17-18,22H,5-6,9-16H2,1H3. The van der Waals surface area contributed by atoms with Crippen LogP contribution in [0.5, 0.6) is 5.75 Å². The number of ether oxygens (including phenoxy) is 1. The van der Waals surface area contributed by atoms with Crippen molar-refractivity contribution in [3.63, 3.8) is 0 Å². The first-order valence-corrected chi connectivity index (χ1v) is 10.1. The zero-order valence-corrected chi connectivity index (χ0v) is 16.2. The van der Waals surface area contributed by atoms with E-state index in [4.69, 9.17) is 4.74 Å². The van der Waals surface area contributed by atoms with Crippen molar-refractivity contribution in [2.75, 3.05) is 46.4 Å². The minimum atomic E-state index is -0.0499. The lowest BCUT2D eigenvalue weighted by Crippen LogP contribution is -2.46. The highest BCUT2D eigenvalue weighted by Crippen LogP contribution is 2.23. The van der Waals surface area contributed by atoms with E-state index in [0.717, 1.165) is 51.2 Å². The van der Waals surface area contributed by atoms with Gasteiger partial charge in [0, 0.05) is 26.2 Å². The Hall–Kier alpha value is -2.08. The van der Waals surface area contributed by atoms with Gasteiger partial charge in [-0.1, -0.05) is 18.2 Å². The van der Waals surface area contributed by atoms with Gasteiger partial charge in [-0.25, -0.2) is 0 Å². The highest BCUT2D eigenvalue weighted by molar-refractivity contribution is 5.81. The van der Waals surface area contributed by atoms with E-state index in [0.29, 0.717) is 25.5 Å². The number of hydrogen-bond acceptors (Lipinski definition) is 4. The maximum Gasteiger partial charge on any atom is 0.227 e. The highest BCUT2D eigenvalue weighted by Gasteiger charge is 2.34. The van der Waals surface area contributed by atoms with Crippen LogP contribution in [0.2, 0.25) is 0 Å². The minimum Gasteiger partial charge on any atom is -0.493 e. The van der Waals surface area contributed by atoms with Gasteiger partial charge in [0.1, 0.15) is 5.75 Å². The van der Waals surface area contributed by atoms with E-state index < -0.39 is 0 Å². The maximum absolute atomic E-state index is 12.9. The lowest BCUT2D eigenvalue weighted by atomic mass is 9.96. The molecule has 2 heterocycles. The molecule has 1 N–H and O–H groups in total. The molecule has 6 nitrogen and oxygen atoms in total. The Labute approximate surface area is 161 Å². The second-order valence-electron chi connectivity index (χ2n) is 7.59. The summed E-state index contributed by atoms with van der Waals surface area (Å²) in [5, 5.41) is 3.20. The summed E-state index contributed by atoms with van der Waals surface area (Å²) < 4.78 is 5.63. The molecule has 148 valence electrons. The molecule has 0 saturated carbocycles. The highest BCUT2D eigenvalue weighted by atomic mass is 16.5. The van der Waals surface area contributed by atoms with Crippen LogP contribution in [-0.2, 0) is 9.59 Å². The molecule has 0 radical (unpaired) electrons. The Balaban J connectivity index is 1.44. The van der Waals surface area contributed by atoms with Gasteiger partial charge in [-0.2, -0.15) is 0 Å². The Morgan fingerprint density at radius 2 is 1.93 bits per heavy atom. The van der Waals surface area contributed by atoms with Crippen LogP contribution in [0.1, 0.15) is 25.7 Å². The van der Waals surface area contributed by atoms with Crippen molar-refractivity contribution in [1.29, 1.82) is 0 Å². The average Bonchev–Trinajstić information content (AvgIpc) is 3.17. The lowest BCUT2D eigenvalue weighted by Gasteiger charge is -2.34. The number of rotatable bonds is 7. The van der Waals surface area contributed by atoms with Crippen LogP contribution in [-0.4, -0.2) is 68.0 Å². The SMILES string of the molecule is CNCC1CCN(C(=O)C2CCCN(C(=O)CCOc3ccccc3)C2)C1. The number of carbonyl (C=O) groups excluding carboxylic acids is 2. The average molecular weight is 373 g/mol. The van der Waals surface area contributed by atoms with E-state index in [1.807, 2.05) is 47.2 Å². The number of likely N-dealkylation sites (tertiary alicyclic amines) is 2. The Kier molecular flexibility index (Phi) is 7.10. The molecule has 2 saturated heterocycles. The van der Waals surface area contributed by atoms with E-state index >= 15 is 0 Å². The summed E-state index contributed by atoms with van der Waals surface area (Å²) in [6.45, 7) is 4.32. The van der Waals surface area contributed by atoms with Crippen LogP contribution < -0.4 is 10.1 Å². The molecule has 2 aliphatic heterocycles. The Bertz CT molecular complexity index is 622. The fourth-order valence-corrected chi connectivity index (χ4v) is 4.08. The van der Waals surface area contributed by atoms with Gasteiger partial charge in [0.25, 0.3) is 0 Å². The van der Waals surface area contributed by atoms with Crippen LogP contribution >= 0.6 is 0 Å². The van der Waals surface area contributed by atoms with Gasteiger partial charge in [0.15, 0.2) is 0 Å². The lowest BCUT2D eigenvalue weighted by molar-refractivity contribution is -0.140. The van der Waals surface area contributed by atoms with Gasteiger partial charge in [-0.15, -0.1) is 0 Å². The Morgan fingerprint density at radius 3 is 2.70 bits per heavy atom. The number of nitrogens with zero attached hydrogens (tertiary/aromatic N) is 2. The van der Waals surface area contributed by atoms with Crippen molar-refractivity contribution in [3.8, 4) is 5.75 Å². The summed E-state index contributed by atoms with van der Waals surface area (Å²) in [7, 11) is 1.95. The fourth-order valence-electron chi connectivity index (χ4n) is 4.08. The van der Waals surface area contributed by atoms with Gasteiger partial charge in [-0.3, -0.25) is 9.59 Å². The Morgan fingerprint density at radius 1 is 1.11 bits per heavy atom. The summed E-state index contributed by atoms with van der Waals surface area (Å²) in [4.78, 5) is 29.2. The minimum absolute atomic E-state index is 0.0499. The van der Waals surface area contributed by atoms with Crippen molar-refractivity contribution >= 4 is 11.8 Å². The molecule has 2 atom stereocenters. The summed E-state index contributed by atoms with van der Waals surface area (Å²) >= 11 is 0. The third-order valence-electron chi connectivity index (χ3n) is 5.54. The molecule has 0 bridgehead atoms. The normalized spacial score (nSPS) is 22.7. The maximum atomic E-state index is 12.9. The van der Waals surface area contributed by atoms with E-state index in [9.17, 15) is 9.59 Å². The molecule has 27 heavy (non-hydrogen) atoms. The molecule has 6 heteroatoms. The molecule has 0 spiro atoms. The van der Waals surface area contributed by atoms with E-state index in [2.05, 4.69) is 5.32 Å². The third-order valence-corrected chi connectivity index (χ3v) is 5.54. The second-order valence-corrected chi connectivity index (χ2v) is 7.59. The topological polar surface area (TPSA) is 61.9 Å². The molecule has 0 aliphatic carbocycles. The van der Waals surface area contributed by atoms with Gasteiger partial charge in [0.05, 0.1) is 18.9 Å². The van der Waals surface area contributed by atoms with Crippen LogP contribution in [0.15, 0.2) is 30.3 Å². The summed E-state index contributed by atoms with van der Waals surface area (Å²) in [5.41, 5.74) is 0. The van der Waals surface area contributed by atoms with Crippen LogP contribution in [0.3, 0.4) is 0 Å². The molecule has 2 fully saturated rings. The zero-order valence-electron chi connectivity index (χ0n) is 16.2. The molecule has 3 rings (SSSR count). The van der Waals surface area contributed by atoms with E-state index in [1.54, 1.807) is 0 Å². The molecular weight excluding hydrogens is 342 g/mol. The zero-order chi connectivity index (χ0) is 19.1. The predicted octanol–water partition coefficient (Wildman–Crippen LogP) is 1.76. The largest absolute Gasteiger partial charge is 0.493 e. The van der Waals surface area contributed by atoms with Gasteiger partial charge in [0.2, 0.25) is 11.8 Å². The molecule has 1 aromatic carbocycles. The fraction of sp³-hybridized carbons (Fsp3) is 0.619. The first-order valence-electron chi connectivity index (χ1n) is 10.1. The quantitative estimate of drug-likeness (QED) is 0.791. The van der Waals surface area contributed by atoms with Crippen molar-refractivity contribution in [2.24, 2.45) is 11.8 Å². The van der Waals surface area contributed by atoms with Gasteiger partial charge in [-0.05, 0) is 50.9 Å². The number of benzene rings is 1. The molecule has 0 aromatic heterocycles. The van der Waals surface area contributed by atoms with Crippen molar-refractivity contribution in [3.05, 3.63) is 30.3 Å². The van der Waals surface area contributed by atoms with E-state index in [-0.39, 0.29) is 17.7 Å². The van der Waals surface area contributed by atoms with Crippen LogP contribution in [0.4, 0.5) is 0 Å².